The van der Waals surface area contributed by atoms with Crippen LogP contribution >= 0.6 is 0 Å². The zero-order valence-electron chi connectivity index (χ0n) is 12.5. The van der Waals surface area contributed by atoms with Crippen LogP contribution in [0, 0.1) is 23.4 Å². The molecule has 116 valence electrons. The van der Waals surface area contributed by atoms with Gasteiger partial charge in [0.15, 0.2) is 17.5 Å². The van der Waals surface area contributed by atoms with Gasteiger partial charge in [-0.25, -0.2) is 13.2 Å². The second-order valence-corrected chi connectivity index (χ2v) is 5.97. The minimum Gasteiger partial charge on any atom is -0.204 e. The van der Waals surface area contributed by atoms with Crippen LogP contribution in [-0.4, -0.2) is 0 Å². The van der Waals surface area contributed by atoms with E-state index in [-0.39, 0.29) is 5.92 Å². The van der Waals surface area contributed by atoms with Gasteiger partial charge in [0.25, 0.3) is 0 Å². The molecule has 0 N–H and O–H groups in total. The normalized spacial score (nSPS) is 22.9. The minimum absolute atomic E-state index is 0.164. The van der Waals surface area contributed by atoms with Crippen molar-refractivity contribution >= 4 is 0 Å². The van der Waals surface area contributed by atoms with Crippen LogP contribution in [0.25, 0.3) is 0 Å². The molecule has 0 spiro atoms. The monoisotopic (exact) mass is 296 g/mol. The highest BCUT2D eigenvalue weighted by Crippen LogP contribution is 2.38. The van der Waals surface area contributed by atoms with Crippen LogP contribution in [0.3, 0.4) is 0 Å². The van der Waals surface area contributed by atoms with Gasteiger partial charge in [-0.15, -0.1) is 0 Å². The van der Waals surface area contributed by atoms with Crippen molar-refractivity contribution in [3.8, 4) is 0 Å². The van der Waals surface area contributed by atoms with E-state index in [2.05, 4.69) is 19.1 Å². The van der Waals surface area contributed by atoms with E-state index in [1.165, 1.54) is 6.42 Å². The number of benzene rings is 1. The summed E-state index contributed by atoms with van der Waals surface area (Å²) in [6, 6.07) is 2.32. The van der Waals surface area contributed by atoms with E-state index in [1.54, 1.807) is 0 Å². The summed E-state index contributed by atoms with van der Waals surface area (Å²) in [4.78, 5) is 0. The molecule has 0 amide bonds. The first-order valence-corrected chi connectivity index (χ1v) is 7.91. The van der Waals surface area contributed by atoms with E-state index in [1.807, 2.05) is 0 Å². The van der Waals surface area contributed by atoms with Crippen molar-refractivity contribution in [3.05, 3.63) is 47.3 Å². The molecule has 0 aliphatic heterocycles. The van der Waals surface area contributed by atoms with Gasteiger partial charge < -0.3 is 0 Å². The summed E-state index contributed by atoms with van der Waals surface area (Å²) in [5.41, 5.74) is 0.607. The fourth-order valence-electron chi connectivity index (χ4n) is 3.21. The third kappa shape index (κ3) is 4.36. The van der Waals surface area contributed by atoms with E-state index in [0.29, 0.717) is 11.5 Å². The van der Waals surface area contributed by atoms with Gasteiger partial charge in [0, 0.05) is 0 Å². The van der Waals surface area contributed by atoms with Crippen molar-refractivity contribution in [3.63, 3.8) is 0 Å². The molecule has 0 unspecified atom stereocenters. The molecule has 0 bridgehead atoms. The number of hydrogen-bond donors (Lipinski definition) is 0. The Bertz CT molecular complexity index is 462. The number of halogens is 3. The lowest BCUT2D eigenvalue weighted by Crippen LogP contribution is -2.14. The SMILES string of the molecule is CCC=CCCC1CCC(c2cc(F)c(F)c(F)c2)CC1. The number of rotatable bonds is 5. The first-order chi connectivity index (χ1) is 10.1. The van der Waals surface area contributed by atoms with Crippen molar-refractivity contribution in [2.75, 3.05) is 0 Å². The van der Waals surface area contributed by atoms with Crippen LogP contribution < -0.4 is 0 Å². The number of allylic oxidation sites excluding steroid dienone is 2. The molecule has 1 aliphatic carbocycles. The van der Waals surface area contributed by atoms with Crippen LogP contribution in [0.2, 0.25) is 0 Å². The maximum Gasteiger partial charge on any atom is 0.194 e. The molecule has 1 aromatic rings. The smallest absolute Gasteiger partial charge is 0.194 e. The fourth-order valence-corrected chi connectivity index (χ4v) is 3.21. The molecule has 1 aliphatic rings. The average Bonchev–Trinajstić information content (AvgIpc) is 2.49. The summed E-state index contributed by atoms with van der Waals surface area (Å²) < 4.78 is 39.6. The Balaban J connectivity index is 1.88. The number of hydrogen-bond acceptors (Lipinski definition) is 0. The Morgan fingerprint density at radius 3 is 2.19 bits per heavy atom. The average molecular weight is 296 g/mol. The van der Waals surface area contributed by atoms with Crippen LogP contribution in [0.15, 0.2) is 24.3 Å². The van der Waals surface area contributed by atoms with Gasteiger partial charge in [-0.3, -0.25) is 0 Å². The molecular formula is C18H23F3. The van der Waals surface area contributed by atoms with Crippen molar-refractivity contribution in [2.45, 2.75) is 57.8 Å². The predicted molar refractivity (Wildman–Crippen MR) is 79.7 cm³/mol. The molecule has 3 heteroatoms. The lowest BCUT2D eigenvalue weighted by molar-refractivity contribution is 0.310. The van der Waals surface area contributed by atoms with Crippen molar-refractivity contribution < 1.29 is 13.2 Å². The van der Waals surface area contributed by atoms with E-state index in [9.17, 15) is 13.2 Å². The maximum atomic E-state index is 13.3. The standard InChI is InChI=1S/C18H23F3/c1-2-3-4-5-6-13-7-9-14(10-8-13)15-11-16(19)18(21)17(20)12-15/h3-4,11-14H,2,5-10H2,1H3. The Labute approximate surface area is 125 Å². The highest BCUT2D eigenvalue weighted by atomic mass is 19.2. The molecule has 0 saturated heterocycles. The highest BCUT2D eigenvalue weighted by molar-refractivity contribution is 5.23. The summed E-state index contributed by atoms with van der Waals surface area (Å²) in [6.45, 7) is 2.13. The second-order valence-electron chi connectivity index (χ2n) is 5.97. The Morgan fingerprint density at radius 2 is 1.62 bits per heavy atom. The predicted octanol–water partition coefficient (Wildman–Crippen LogP) is 6.12. The molecule has 0 radical (unpaired) electrons. The Morgan fingerprint density at radius 1 is 1.00 bits per heavy atom. The molecule has 1 aromatic carbocycles. The first kappa shape index (κ1) is 16.1. The first-order valence-electron chi connectivity index (χ1n) is 7.91. The van der Waals surface area contributed by atoms with Crippen LogP contribution in [0.1, 0.15) is 63.4 Å². The van der Waals surface area contributed by atoms with Crippen LogP contribution in [0.4, 0.5) is 13.2 Å². The van der Waals surface area contributed by atoms with E-state index < -0.39 is 17.5 Å². The molecule has 1 saturated carbocycles. The van der Waals surface area contributed by atoms with Crippen molar-refractivity contribution in [2.24, 2.45) is 5.92 Å². The summed E-state index contributed by atoms with van der Waals surface area (Å²) in [5.74, 6) is -2.64. The van der Waals surface area contributed by atoms with E-state index >= 15 is 0 Å². The van der Waals surface area contributed by atoms with E-state index in [0.717, 1.165) is 50.7 Å². The second kappa shape index (κ2) is 7.67. The van der Waals surface area contributed by atoms with Gasteiger partial charge in [-0.1, -0.05) is 19.1 Å². The molecule has 2 rings (SSSR count). The topological polar surface area (TPSA) is 0 Å². The Hall–Kier alpha value is -1.25. The van der Waals surface area contributed by atoms with Crippen molar-refractivity contribution in [1.29, 1.82) is 0 Å². The third-order valence-corrected chi connectivity index (χ3v) is 4.47. The molecule has 0 aromatic heterocycles. The van der Waals surface area contributed by atoms with Gasteiger partial charge in [-0.05, 0) is 74.5 Å². The molecule has 1 fully saturated rings. The lowest BCUT2D eigenvalue weighted by Gasteiger charge is -2.28. The molecular weight excluding hydrogens is 273 g/mol. The molecule has 0 heterocycles. The van der Waals surface area contributed by atoms with Crippen molar-refractivity contribution in [1.82, 2.24) is 0 Å². The molecule has 0 nitrogen and oxygen atoms in total. The van der Waals surface area contributed by atoms with Crippen LogP contribution in [0.5, 0.6) is 0 Å². The zero-order chi connectivity index (χ0) is 15.2. The highest BCUT2D eigenvalue weighted by Gasteiger charge is 2.23. The summed E-state index contributed by atoms with van der Waals surface area (Å²) >= 11 is 0. The largest absolute Gasteiger partial charge is 0.204 e. The third-order valence-electron chi connectivity index (χ3n) is 4.47. The quantitative estimate of drug-likeness (QED) is 0.453. The summed E-state index contributed by atoms with van der Waals surface area (Å²) in [7, 11) is 0. The summed E-state index contributed by atoms with van der Waals surface area (Å²) in [5, 5.41) is 0. The van der Waals surface area contributed by atoms with Gasteiger partial charge in [0.1, 0.15) is 0 Å². The van der Waals surface area contributed by atoms with Gasteiger partial charge >= 0.3 is 0 Å². The molecule has 0 atom stereocenters. The van der Waals surface area contributed by atoms with E-state index in [4.69, 9.17) is 0 Å². The van der Waals surface area contributed by atoms with Gasteiger partial charge in [0.05, 0.1) is 0 Å². The fraction of sp³-hybridized carbons (Fsp3) is 0.556. The minimum atomic E-state index is -1.37. The van der Waals surface area contributed by atoms with Crippen LogP contribution in [-0.2, 0) is 0 Å². The summed E-state index contributed by atoms with van der Waals surface area (Å²) in [6.07, 6.45) is 11.9. The lowest BCUT2D eigenvalue weighted by atomic mass is 9.77. The zero-order valence-corrected chi connectivity index (χ0v) is 12.5. The Kier molecular flexibility index (Phi) is 5.89. The van der Waals surface area contributed by atoms with Gasteiger partial charge in [-0.2, -0.15) is 0 Å². The maximum absolute atomic E-state index is 13.3. The molecule has 21 heavy (non-hydrogen) atoms. The van der Waals surface area contributed by atoms with Gasteiger partial charge in [0.2, 0.25) is 0 Å².